The molecule has 15 heavy (non-hydrogen) atoms. The second-order valence-corrected chi connectivity index (χ2v) is 3.90. The number of carbonyl (C=O) groups excluding carboxylic acids is 1. The van der Waals surface area contributed by atoms with Crippen LogP contribution in [0, 0.1) is 5.92 Å². The summed E-state index contributed by atoms with van der Waals surface area (Å²) in [7, 11) is 1.61. The van der Waals surface area contributed by atoms with Crippen LogP contribution in [-0.4, -0.2) is 30.7 Å². The normalized spacial score (nSPS) is 14.3. The van der Waals surface area contributed by atoms with Gasteiger partial charge in [0.2, 0.25) is 5.91 Å². The Labute approximate surface area is 96.5 Å². The lowest BCUT2D eigenvalue weighted by Crippen LogP contribution is -2.44. The zero-order valence-electron chi connectivity index (χ0n) is 9.58. The van der Waals surface area contributed by atoms with E-state index in [1.165, 1.54) is 0 Å². The maximum atomic E-state index is 11.7. The maximum Gasteiger partial charge on any atom is 0.230 e. The second kappa shape index (κ2) is 7.59. The number of nitrogens with one attached hydrogen (secondary N) is 1. The maximum absolute atomic E-state index is 11.7. The van der Waals surface area contributed by atoms with Crippen LogP contribution in [-0.2, 0) is 9.53 Å². The zero-order valence-corrected chi connectivity index (χ0v) is 10.4. The minimum atomic E-state index is -0.370. The standard InChI is InChI=1S/C10H20N2O2S/c1-4-7(6-14-3)12-10(13)8(5-2)9(11)15/h7-8H,4-6H2,1-3H3,(H2,11,15)(H,12,13). The molecule has 0 aliphatic heterocycles. The Hall–Kier alpha value is -0.680. The summed E-state index contributed by atoms with van der Waals surface area (Å²) < 4.78 is 4.99. The van der Waals surface area contributed by atoms with Crippen molar-refractivity contribution in [1.82, 2.24) is 5.32 Å². The van der Waals surface area contributed by atoms with Gasteiger partial charge in [0.15, 0.2) is 0 Å². The molecule has 0 aliphatic rings. The lowest BCUT2D eigenvalue weighted by Gasteiger charge is -2.19. The monoisotopic (exact) mass is 232 g/mol. The minimum absolute atomic E-state index is 0.0332. The third-order valence-electron chi connectivity index (χ3n) is 2.28. The van der Waals surface area contributed by atoms with Gasteiger partial charge in [0.05, 0.1) is 23.6 Å². The largest absolute Gasteiger partial charge is 0.393 e. The van der Waals surface area contributed by atoms with E-state index in [0.29, 0.717) is 13.0 Å². The number of rotatable bonds is 7. The van der Waals surface area contributed by atoms with E-state index in [9.17, 15) is 4.79 Å². The molecule has 3 N–H and O–H groups in total. The van der Waals surface area contributed by atoms with Crippen LogP contribution in [0.4, 0.5) is 0 Å². The average molecular weight is 232 g/mol. The minimum Gasteiger partial charge on any atom is -0.393 e. The molecule has 0 rings (SSSR count). The van der Waals surface area contributed by atoms with Gasteiger partial charge in [-0.3, -0.25) is 4.79 Å². The van der Waals surface area contributed by atoms with Crippen LogP contribution in [0.2, 0.25) is 0 Å². The lowest BCUT2D eigenvalue weighted by molar-refractivity contribution is -0.124. The summed E-state index contributed by atoms with van der Waals surface area (Å²) in [4.78, 5) is 12.0. The Balaban J connectivity index is 4.24. The molecular formula is C10H20N2O2S. The summed E-state index contributed by atoms with van der Waals surface area (Å²) in [6, 6.07) is 0.0332. The SMILES string of the molecule is CCC(COC)NC(=O)C(CC)C(N)=S. The molecule has 4 nitrogen and oxygen atoms in total. The highest BCUT2D eigenvalue weighted by Gasteiger charge is 2.21. The first-order chi connectivity index (χ1) is 7.06. The summed E-state index contributed by atoms with van der Waals surface area (Å²) in [5.74, 6) is -0.472. The predicted molar refractivity (Wildman–Crippen MR) is 64.7 cm³/mol. The smallest absolute Gasteiger partial charge is 0.230 e. The van der Waals surface area contributed by atoms with E-state index >= 15 is 0 Å². The highest BCUT2D eigenvalue weighted by atomic mass is 32.1. The van der Waals surface area contributed by atoms with Gasteiger partial charge in [-0.25, -0.2) is 0 Å². The van der Waals surface area contributed by atoms with Crippen LogP contribution in [0.1, 0.15) is 26.7 Å². The first kappa shape index (κ1) is 14.3. The molecule has 0 heterocycles. The molecule has 2 unspecified atom stereocenters. The van der Waals surface area contributed by atoms with Crippen molar-refractivity contribution < 1.29 is 9.53 Å². The molecule has 0 fully saturated rings. The van der Waals surface area contributed by atoms with Gasteiger partial charge in [0.1, 0.15) is 0 Å². The lowest BCUT2D eigenvalue weighted by atomic mass is 10.1. The molecule has 0 aromatic carbocycles. The molecule has 0 aromatic rings. The third-order valence-corrected chi connectivity index (χ3v) is 2.56. The second-order valence-electron chi connectivity index (χ2n) is 3.43. The van der Waals surface area contributed by atoms with Crippen molar-refractivity contribution in [3.8, 4) is 0 Å². The van der Waals surface area contributed by atoms with Crippen LogP contribution >= 0.6 is 12.2 Å². The molecular weight excluding hydrogens is 212 g/mol. The van der Waals surface area contributed by atoms with E-state index in [0.717, 1.165) is 6.42 Å². The predicted octanol–water partition coefficient (Wildman–Crippen LogP) is 0.840. The molecule has 0 aromatic heterocycles. The number of hydrogen-bond acceptors (Lipinski definition) is 3. The van der Waals surface area contributed by atoms with Crippen LogP contribution < -0.4 is 11.1 Å². The van der Waals surface area contributed by atoms with Gasteiger partial charge in [-0.2, -0.15) is 0 Å². The van der Waals surface area contributed by atoms with E-state index in [2.05, 4.69) is 5.32 Å². The molecule has 0 aliphatic carbocycles. The van der Waals surface area contributed by atoms with Gasteiger partial charge in [-0.05, 0) is 12.8 Å². The Morgan fingerprint density at radius 2 is 2.07 bits per heavy atom. The van der Waals surface area contributed by atoms with E-state index in [4.69, 9.17) is 22.7 Å². The molecule has 0 saturated heterocycles. The molecule has 2 atom stereocenters. The number of methoxy groups -OCH3 is 1. The van der Waals surface area contributed by atoms with Crippen molar-refractivity contribution in [2.75, 3.05) is 13.7 Å². The van der Waals surface area contributed by atoms with Gasteiger partial charge in [-0.1, -0.05) is 26.1 Å². The molecule has 88 valence electrons. The number of ether oxygens (including phenoxy) is 1. The Morgan fingerprint density at radius 3 is 2.40 bits per heavy atom. The van der Waals surface area contributed by atoms with Gasteiger partial charge in [0.25, 0.3) is 0 Å². The van der Waals surface area contributed by atoms with Gasteiger partial charge in [0, 0.05) is 7.11 Å². The topological polar surface area (TPSA) is 64.3 Å². The fourth-order valence-electron chi connectivity index (χ4n) is 1.28. The fraction of sp³-hybridized carbons (Fsp3) is 0.800. The van der Waals surface area contributed by atoms with E-state index < -0.39 is 0 Å². The highest BCUT2D eigenvalue weighted by Crippen LogP contribution is 2.04. The number of amides is 1. The molecule has 0 saturated carbocycles. The molecule has 0 radical (unpaired) electrons. The summed E-state index contributed by atoms with van der Waals surface area (Å²) >= 11 is 4.83. The summed E-state index contributed by atoms with van der Waals surface area (Å²) in [6.07, 6.45) is 1.46. The van der Waals surface area contributed by atoms with Gasteiger partial charge < -0.3 is 15.8 Å². The Bertz CT molecular complexity index is 221. The summed E-state index contributed by atoms with van der Waals surface area (Å²) in [6.45, 7) is 4.39. The number of hydrogen-bond donors (Lipinski definition) is 2. The first-order valence-corrected chi connectivity index (χ1v) is 5.56. The van der Waals surface area contributed by atoms with Crippen molar-refractivity contribution in [1.29, 1.82) is 0 Å². The zero-order chi connectivity index (χ0) is 11.8. The highest BCUT2D eigenvalue weighted by molar-refractivity contribution is 7.80. The quantitative estimate of drug-likeness (QED) is 0.638. The van der Waals surface area contributed by atoms with Crippen LogP contribution in [0.25, 0.3) is 0 Å². The van der Waals surface area contributed by atoms with Crippen molar-refractivity contribution in [3.63, 3.8) is 0 Å². The van der Waals surface area contributed by atoms with Crippen molar-refractivity contribution in [3.05, 3.63) is 0 Å². The summed E-state index contributed by atoms with van der Waals surface area (Å²) in [5, 5.41) is 2.87. The third kappa shape index (κ3) is 5.09. The van der Waals surface area contributed by atoms with E-state index in [-0.39, 0.29) is 22.9 Å². The molecule has 0 spiro atoms. The fourth-order valence-corrected chi connectivity index (χ4v) is 1.55. The molecule has 0 bridgehead atoms. The van der Waals surface area contributed by atoms with Crippen molar-refractivity contribution in [2.45, 2.75) is 32.7 Å². The van der Waals surface area contributed by atoms with Crippen LogP contribution in [0.15, 0.2) is 0 Å². The number of thiocarbonyl (C=S) groups is 1. The molecule has 1 amide bonds. The van der Waals surface area contributed by atoms with Crippen LogP contribution in [0.5, 0.6) is 0 Å². The molecule has 5 heteroatoms. The van der Waals surface area contributed by atoms with Crippen molar-refractivity contribution >= 4 is 23.1 Å². The number of nitrogens with two attached hydrogens (primary N) is 1. The summed E-state index contributed by atoms with van der Waals surface area (Å²) in [5.41, 5.74) is 5.48. The average Bonchev–Trinajstić information content (AvgIpc) is 2.17. The van der Waals surface area contributed by atoms with Gasteiger partial charge in [-0.15, -0.1) is 0 Å². The first-order valence-electron chi connectivity index (χ1n) is 5.15. The van der Waals surface area contributed by atoms with E-state index in [1.807, 2.05) is 13.8 Å². The van der Waals surface area contributed by atoms with Crippen LogP contribution in [0.3, 0.4) is 0 Å². The Morgan fingerprint density at radius 1 is 1.47 bits per heavy atom. The Kier molecular flexibility index (Phi) is 7.25. The van der Waals surface area contributed by atoms with Crippen molar-refractivity contribution in [2.24, 2.45) is 11.7 Å². The number of carbonyl (C=O) groups is 1. The van der Waals surface area contributed by atoms with E-state index in [1.54, 1.807) is 7.11 Å². The van der Waals surface area contributed by atoms with Gasteiger partial charge >= 0.3 is 0 Å².